The van der Waals surface area contributed by atoms with Crippen molar-refractivity contribution in [2.24, 2.45) is 0 Å². The molecule has 0 aliphatic heterocycles. The van der Waals surface area contributed by atoms with Gasteiger partial charge in [-0.15, -0.1) is 0 Å². The molecule has 0 saturated carbocycles. The third-order valence-corrected chi connectivity index (χ3v) is 10.4. The largest absolute Gasteiger partial charge is 0.481 e. The second-order valence-electron chi connectivity index (χ2n) is 12.6. The third kappa shape index (κ3) is 13.1. The summed E-state index contributed by atoms with van der Waals surface area (Å²) in [5, 5.41) is 18.6. The van der Waals surface area contributed by atoms with E-state index in [0.717, 1.165) is 47.1 Å². The van der Waals surface area contributed by atoms with Gasteiger partial charge in [-0.1, -0.05) is 102 Å². The van der Waals surface area contributed by atoms with E-state index in [1.54, 1.807) is 0 Å². The Labute approximate surface area is 279 Å². The Hall–Kier alpha value is -3.24. The van der Waals surface area contributed by atoms with Crippen LogP contribution in [-0.4, -0.2) is 41.2 Å². The average Bonchev–Trinajstić information content (AvgIpc) is 3.35. The Morgan fingerprint density at radius 3 is 1.94 bits per heavy atom. The molecule has 47 heavy (non-hydrogen) atoms. The number of hydrogen-bond acceptors (Lipinski definition) is 4. The van der Waals surface area contributed by atoms with Crippen LogP contribution in [0.4, 0.5) is 4.39 Å². The fourth-order valence-corrected chi connectivity index (χ4v) is 7.63. The van der Waals surface area contributed by atoms with E-state index in [-0.39, 0.29) is 17.4 Å². The number of aryl methyl sites for hydroxylation is 1. The van der Waals surface area contributed by atoms with E-state index in [9.17, 15) is 22.4 Å². The molecule has 1 atom stereocenters. The Morgan fingerprint density at radius 1 is 0.809 bits per heavy atom. The summed E-state index contributed by atoms with van der Waals surface area (Å²) in [6, 6.07) is 12.3. The molecular formula is C37H53FN2O6S. The van der Waals surface area contributed by atoms with Crippen LogP contribution in [0.15, 0.2) is 53.4 Å². The average molecular weight is 673 g/mol. The summed E-state index contributed by atoms with van der Waals surface area (Å²) in [5.41, 5.74) is 3.11. The van der Waals surface area contributed by atoms with E-state index in [0.29, 0.717) is 32.2 Å². The minimum atomic E-state index is -3.75. The van der Waals surface area contributed by atoms with Crippen molar-refractivity contribution < 1.29 is 32.6 Å². The molecule has 1 aliphatic carbocycles. The quantitative estimate of drug-likeness (QED) is 0.103. The molecule has 0 unspecified atom stereocenters. The number of nitrogens with zero attached hydrogens (tertiary/aromatic N) is 1. The Kier molecular flexibility index (Phi) is 16.4. The van der Waals surface area contributed by atoms with Crippen LogP contribution in [-0.2, 0) is 39.0 Å². The van der Waals surface area contributed by atoms with Crippen molar-refractivity contribution >= 4 is 32.9 Å². The van der Waals surface area contributed by atoms with E-state index in [4.69, 9.17) is 10.2 Å². The van der Waals surface area contributed by atoms with Crippen LogP contribution in [0.5, 0.6) is 0 Å². The van der Waals surface area contributed by atoms with Crippen LogP contribution in [0.1, 0.15) is 121 Å². The first-order chi connectivity index (χ1) is 22.6. The molecule has 0 fully saturated rings. The topological polar surface area (TPSA) is 126 Å². The van der Waals surface area contributed by atoms with E-state index in [1.807, 2.05) is 28.8 Å². The van der Waals surface area contributed by atoms with Crippen molar-refractivity contribution in [3.8, 4) is 0 Å². The number of unbranched alkanes of at least 4 members (excludes halogenated alkanes) is 12. The van der Waals surface area contributed by atoms with E-state index >= 15 is 0 Å². The van der Waals surface area contributed by atoms with Crippen LogP contribution >= 0.6 is 0 Å². The van der Waals surface area contributed by atoms with Crippen molar-refractivity contribution in [2.45, 2.75) is 140 Å². The van der Waals surface area contributed by atoms with Gasteiger partial charge in [0.05, 0.1) is 11.3 Å². The lowest BCUT2D eigenvalue weighted by molar-refractivity contribution is -0.138. The van der Waals surface area contributed by atoms with Crippen LogP contribution in [0.2, 0.25) is 0 Å². The van der Waals surface area contributed by atoms with Gasteiger partial charge in [0.25, 0.3) is 0 Å². The Bertz CT molecular complexity index is 1500. The molecule has 3 aromatic rings. The lowest BCUT2D eigenvalue weighted by Gasteiger charge is -2.25. The van der Waals surface area contributed by atoms with Crippen molar-refractivity contribution in [1.29, 1.82) is 0 Å². The normalized spacial score (nSPS) is 14.4. The molecule has 0 radical (unpaired) electrons. The number of carboxylic acids is 2. The maximum absolute atomic E-state index is 13.1. The summed E-state index contributed by atoms with van der Waals surface area (Å²) in [4.78, 5) is 21.4. The number of halogens is 1. The van der Waals surface area contributed by atoms with Gasteiger partial charge < -0.3 is 14.8 Å². The molecule has 260 valence electrons. The van der Waals surface area contributed by atoms with Gasteiger partial charge in [-0.05, 0) is 61.6 Å². The third-order valence-electron chi connectivity index (χ3n) is 8.86. The van der Waals surface area contributed by atoms with Gasteiger partial charge in [0.2, 0.25) is 10.0 Å². The molecule has 3 N–H and O–H groups in total. The second kappa shape index (κ2) is 20.2. The van der Waals surface area contributed by atoms with Gasteiger partial charge in [0.1, 0.15) is 5.82 Å². The number of benzene rings is 2. The van der Waals surface area contributed by atoms with Gasteiger partial charge in [-0.2, -0.15) is 0 Å². The van der Waals surface area contributed by atoms with Crippen molar-refractivity contribution in [3.05, 3.63) is 65.6 Å². The Balaban J connectivity index is 0.000000290. The number of aromatic nitrogens is 1. The molecule has 0 spiro atoms. The predicted molar refractivity (Wildman–Crippen MR) is 185 cm³/mol. The van der Waals surface area contributed by atoms with Gasteiger partial charge in [0, 0.05) is 35.6 Å². The highest BCUT2D eigenvalue weighted by atomic mass is 32.2. The summed E-state index contributed by atoms with van der Waals surface area (Å²) in [6.45, 7) is 2.65. The molecule has 0 amide bonds. The molecule has 1 aliphatic rings. The number of sulfonamides is 1. The van der Waals surface area contributed by atoms with Crippen molar-refractivity contribution in [2.75, 3.05) is 0 Å². The lowest BCUT2D eigenvalue weighted by atomic mass is 9.92. The number of aliphatic carboxylic acids is 2. The maximum Gasteiger partial charge on any atom is 0.305 e. The first-order valence-electron chi connectivity index (χ1n) is 17.4. The number of rotatable bonds is 20. The highest BCUT2D eigenvalue weighted by molar-refractivity contribution is 7.89. The zero-order chi connectivity index (χ0) is 34.1. The number of hydrogen-bond donors (Lipinski definition) is 3. The molecule has 1 aromatic heterocycles. The monoisotopic (exact) mass is 672 g/mol. The highest BCUT2D eigenvalue weighted by Gasteiger charge is 2.28. The smallest absolute Gasteiger partial charge is 0.305 e. The predicted octanol–water partition coefficient (Wildman–Crippen LogP) is 8.64. The van der Waals surface area contributed by atoms with Crippen LogP contribution < -0.4 is 4.72 Å². The summed E-state index contributed by atoms with van der Waals surface area (Å²) < 4.78 is 43.2. The van der Waals surface area contributed by atoms with Gasteiger partial charge in [-0.3, -0.25) is 9.59 Å². The zero-order valence-electron chi connectivity index (χ0n) is 27.9. The summed E-state index contributed by atoms with van der Waals surface area (Å²) in [6.07, 6.45) is 19.1. The zero-order valence-corrected chi connectivity index (χ0v) is 28.7. The first-order valence-corrected chi connectivity index (χ1v) is 18.9. The molecule has 4 rings (SSSR count). The van der Waals surface area contributed by atoms with Gasteiger partial charge >= 0.3 is 11.9 Å². The fourth-order valence-electron chi connectivity index (χ4n) is 6.36. The van der Waals surface area contributed by atoms with Gasteiger partial charge in [0.15, 0.2) is 0 Å². The minimum absolute atomic E-state index is 0.0335. The first kappa shape index (κ1) is 38.2. The minimum Gasteiger partial charge on any atom is -0.481 e. The van der Waals surface area contributed by atoms with Crippen molar-refractivity contribution in [3.63, 3.8) is 0 Å². The Morgan fingerprint density at radius 2 is 1.36 bits per heavy atom. The number of para-hydroxylation sites is 1. The summed E-state index contributed by atoms with van der Waals surface area (Å²) >= 11 is 0. The summed E-state index contributed by atoms with van der Waals surface area (Å²) in [7, 11) is -3.75. The second-order valence-corrected chi connectivity index (χ2v) is 14.4. The number of fused-ring (bicyclic) bond motifs is 3. The number of carboxylic acid groups (broad SMARTS) is 2. The van der Waals surface area contributed by atoms with Crippen LogP contribution in [0, 0.1) is 5.82 Å². The standard InChI is InChI=1S/C21H21FN2O4S.C16H32O2/c22-14-5-8-16(9-6-14)29(27,28)23-15-7-10-20-18(13-15)17-3-1-2-4-19(17)24(20)12-11-21(25)26;1-2-3-4-5-6-7-8-9-10-11-12-13-14-15-16(17)18/h1-6,8-9,15,23H,7,10-13H2,(H,25,26);2-15H2,1H3,(H,17,18)/t15-;/m1./s1. The number of nitrogens with one attached hydrogen (secondary N) is 1. The van der Waals surface area contributed by atoms with E-state index in [1.165, 1.54) is 82.8 Å². The maximum atomic E-state index is 13.1. The lowest BCUT2D eigenvalue weighted by Crippen LogP contribution is -2.39. The van der Waals surface area contributed by atoms with E-state index < -0.39 is 27.8 Å². The molecular weight excluding hydrogens is 619 g/mol. The highest BCUT2D eigenvalue weighted by Crippen LogP contribution is 2.33. The summed E-state index contributed by atoms with van der Waals surface area (Å²) in [5.74, 6) is -1.99. The molecule has 1 heterocycles. The molecule has 0 bridgehead atoms. The molecule has 2 aromatic carbocycles. The van der Waals surface area contributed by atoms with Crippen LogP contribution in [0.25, 0.3) is 10.9 Å². The van der Waals surface area contributed by atoms with E-state index in [2.05, 4.69) is 11.6 Å². The van der Waals surface area contributed by atoms with Crippen LogP contribution in [0.3, 0.4) is 0 Å². The molecule has 0 saturated heterocycles. The number of carbonyl (C=O) groups is 2. The molecule has 10 heteroatoms. The van der Waals surface area contributed by atoms with Gasteiger partial charge in [-0.25, -0.2) is 17.5 Å². The molecule has 8 nitrogen and oxygen atoms in total. The van der Waals surface area contributed by atoms with Crippen molar-refractivity contribution in [1.82, 2.24) is 9.29 Å². The SMILES string of the molecule is CCCCCCCCCCCCCCCC(=O)O.O=C(O)CCn1c2c(c3ccccc31)C[C@H](NS(=O)(=O)c1ccc(F)cc1)CC2. The fraction of sp³-hybridized carbons (Fsp3) is 0.568.